The van der Waals surface area contributed by atoms with Gasteiger partial charge in [0, 0.05) is 11.1 Å². The van der Waals surface area contributed by atoms with Crippen LogP contribution in [-0.4, -0.2) is 10.9 Å². The number of rotatable bonds is 3. The predicted molar refractivity (Wildman–Crippen MR) is 97.7 cm³/mol. The minimum atomic E-state index is -0.423. The molecule has 0 aliphatic carbocycles. The molecular weight excluding hydrogens is 296 g/mol. The lowest BCUT2D eigenvalue weighted by atomic mass is 10.0. The molecule has 1 aromatic heterocycles. The van der Waals surface area contributed by atoms with Crippen molar-refractivity contribution in [2.45, 2.75) is 0 Å². The second-order valence-electron chi connectivity index (χ2n) is 5.76. The van der Waals surface area contributed by atoms with E-state index >= 15 is 0 Å². The Hall–Kier alpha value is -3.33. The monoisotopic (exact) mass is 312 g/mol. The minimum absolute atomic E-state index is 0.423. The highest BCUT2D eigenvalue weighted by molar-refractivity contribution is 6.06. The summed E-state index contributed by atoms with van der Waals surface area (Å²) in [6, 6.07) is 26.2. The third-order valence-electron chi connectivity index (χ3n) is 4.22. The van der Waals surface area contributed by atoms with Crippen molar-refractivity contribution in [3.05, 3.63) is 84.4 Å². The molecule has 3 nitrogen and oxygen atoms in total. The highest BCUT2D eigenvalue weighted by atomic mass is 16.1. The molecule has 3 aromatic carbocycles. The molecule has 0 aliphatic rings. The van der Waals surface area contributed by atoms with Crippen LogP contribution in [0.1, 0.15) is 10.4 Å². The van der Waals surface area contributed by atoms with Crippen LogP contribution in [0.2, 0.25) is 0 Å². The number of benzene rings is 3. The molecule has 0 radical (unpaired) electrons. The summed E-state index contributed by atoms with van der Waals surface area (Å²) in [5.74, 6) is -0.423. The van der Waals surface area contributed by atoms with Crippen molar-refractivity contribution < 1.29 is 4.79 Å². The van der Waals surface area contributed by atoms with Crippen molar-refractivity contribution in [2.75, 3.05) is 0 Å². The Bertz CT molecular complexity index is 1010. The first-order valence-corrected chi connectivity index (χ1v) is 7.80. The summed E-state index contributed by atoms with van der Waals surface area (Å²) in [5.41, 5.74) is 11.2. The molecule has 0 atom stereocenters. The number of hydrogen-bond donors (Lipinski definition) is 2. The van der Waals surface area contributed by atoms with E-state index in [0.717, 1.165) is 22.2 Å². The van der Waals surface area contributed by atoms with E-state index in [4.69, 9.17) is 5.73 Å². The van der Waals surface area contributed by atoms with Crippen LogP contribution in [0.3, 0.4) is 0 Å². The first kappa shape index (κ1) is 14.3. The Kier molecular flexibility index (Phi) is 3.39. The van der Waals surface area contributed by atoms with Gasteiger partial charge in [-0.2, -0.15) is 0 Å². The number of H-pyrrole nitrogens is 1. The number of fused-ring (bicyclic) bond motifs is 1. The second kappa shape index (κ2) is 5.70. The summed E-state index contributed by atoms with van der Waals surface area (Å²) in [7, 11) is 0. The number of aromatic nitrogens is 1. The topological polar surface area (TPSA) is 58.9 Å². The average Bonchev–Trinajstić information content (AvgIpc) is 3.06. The molecule has 116 valence electrons. The van der Waals surface area contributed by atoms with Crippen LogP contribution in [0.25, 0.3) is 33.3 Å². The summed E-state index contributed by atoms with van der Waals surface area (Å²) in [6.45, 7) is 0. The molecule has 0 saturated heterocycles. The fraction of sp³-hybridized carbons (Fsp3) is 0. The lowest BCUT2D eigenvalue weighted by Gasteiger charge is -2.03. The van der Waals surface area contributed by atoms with E-state index in [1.165, 1.54) is 11.1 Å². The van der Waals surface area contributed by atoms with Crippen molar-refractivity contribution in [3.8, 4) is 22.4 Å². The lowest BCUT2D eigenvalue weighted by molar-refractivity contribution is 0.100. The summed E-state index contributed by atoms with van der Waals surface area (Å²) >= 11 is 0. The normalized spacial score (nSPS) is 10.8. The van der Waals surface area contributed by atoms with E-state index in [9.17, 15) is 4.79 Å². The van der Waals surface area contributed by atoms with Crippen LogP contribution in [0.4, 0.5) is 0 Å². The van der Waals surface area contributed by atoms with Crippen molar-refractivity contribution in [2.24, 2.45) is 5.73 Å². The number of aromatic amines is 1. The van der Waals surface area contributed by atoms with Gasteiger partial charge in [0.15, 0.2) is 0 Å². The lowest BCUT2D eigenvalue weighted by Crippen LogP contribution is -2.11. The van der Waals surface area contributed by atoms with E-state index < -0.39 is 5.91 Å². The average molecular weight is 312 g/mol. The van der Waals surface area contributed by atoms with Gasteiger partial charge in [0.2, 0.25) is 0 Å². The number of carbonyl (C=O) groups excluding carboxylic acids is 1. The van der Waals surface area contributed by atoms with E-state index in [2.05, 4.69) is 41.4 Å². The molecule has 0 spiro atoms. The highest BCUT2D eigenvalue weighted by Crippen LogP contribution is 2.28. The SMILES string of the molecule is NC(=O)c1cccc2cc(-c3ccc(-c4ccccc4)cc3)[nH]c12. The Balaban J connectivity index is 1.75. The maximum Gasteiger partial charge on any atom is 0.250 e. The van der Waals surface area contributed by atoms with Crippen molar-refractivity contribution in [3.63, 3.8) is 0 Å². The molecule has 0 unspecified atom stereocenters. The Morgan fingerprint density at radius 2 is 1.42 bits per heavy atom. The molecule has 0 bridgehead atoms. The van der Waals surface area contributed by atoms with Crippen molar-refractivity contribution >= 4 is 16.8 Å². The van der Waals surface area contributed by atoms with Gasteiger partial charge < -0.3 is 10.7 Å². The number of primary amides is 1. The van der Waals surface area contributed by atoms with E-state index in [1.54, 1.807) is 6.07 Å². The van der Waals surface area contributed by atoms with Crippen molar-refractivity contribution in [1.29, 1.82) is 0 Å². The van der Waals surface area contributed by atoms with Gasteiger partial charge in [-0.25, -0.2) is 0 Å². The van der Waals surface area contributed by atoms with Gasteiger partial charge in [-0.05, 0) is 28.8 Å². The molecular formula is C21H16N2O. The third-order valence-corrected chi connectivity index (χ3v) is 4.22. The Labute approximate surface area is 139 Å². The van der Waals surface area contributed by atoms with Crippen LogP contribution in [0.15, 0.2) is 78.9 Å². The molecule has 0 fully saturated rings. The summed E-state index contributed by atoms with van der Waals surface area (Å²) in [5, 5.41) is 0.980. The van der Waals surface area contributed by atoms with Crippen LogP contribution in [-0.2, 0) is 0 Å². The molecule has 4 rings (SSSR count). The van der Waals surface area contributed by atoms with Crippen LogP contribution >= 0.6 is 0 Å². The van der Waals surface area contributed by atoms with Gasteiger partial charge in [-0.1, -0.05) is 66.7 Å². The molecule has 3 N–H and O–H groups in total. The summed E-state index contributed by atoms with van der Waals surface area (Å²) in [4.78, 5) is 14.9. The largest absolute Gasteiger partial charge is 0.366 e. The minimum Gasteiger partial charge on any atom is -0.366 e. The highest BCUT2D eigenvalue weighted by Gasteiger charge is 2.10. The number of amides is 1. The zero-order chi connectivity index (χ0) is 16.5. The van der Waals surface area contributed by atoms with Gasteiger partial charge >= 0.3 is 0 Å². The zero-order valence-corrected chi connectivity index (χ0v) is 13.0. The zero-order valence-electron chi connectivity index (χ0n) is 13.0. The number of carbonyl (C=O) groups is 1. The van der Waals surface area contributed by atoms with E-state index in [0.29, 0.717) is 5.56 Å². The summed E-state index contributed by atoms with van der Waals surface area (Å²) in [6.07, 6.45) is 0. The first-order chi connectivity index (χ1) is 11.7. The van der Waals surface area contributed by atoms with Crippen LogP contribution in [0.5, 0.6) is 0 Å². The standard InChI is InChI=1S/C21H16N2O/c22-21(24)18-8-4-7-17-13-19(23-20(17)18)16-11-9-15(10-12-16)14-5-2-1-3-6-14/h1-13,23H,(H2,22,24). The van der Waals surface area contributed by atoms with Gasteiger partial charge in [0.25, 0.3) is 5.91 Å². The van der Waals surface area contributed by atoms with Crippen LogP contribution in [0, 0.1) is 0 Å². The quantitative estimate of drug-likeness (QED) is 0.570. The maximum absolute atomic E-state index is 11.6. The number of hydrogen-bond acceptors (Lipinski definition) is 1. The predicted octanol–water partition coefficient (Wildman–Crippen LogP) is 4.60. The van der Waals surface area contributed by atoms with Gasteiger partial charge in [-0.3, -0.25) is 4.79 Å². The van der Waals surface area contributed by atoms with Gasteiger partial charge in [0.1, 0.15) is 0 Å². The van der Waals surface area contributed by atoms with Crippen LogP contribution < -0.4 is 5.73 Å². The smallest absolute Gasteiger partial charge is 0.250 e. The molecule has 3 heteroatoms. The summed E-state index contributed by atoms with van der Waals surface area (Å²) < 4.78 is 0. The first-order valence-electron chi connectivity index (χ1n) is 7.80. The van der Waals surface area contributed by atoms with Crippen molar-refractivity contribution in [1.82, 2.24) is 4.98 Å². The number of nitrogens with one attached hydrogen (secondary N) is 1. The second-order valence-corrected chi connectivity index (χ2v) is 5.76. The Morgan fingerprint density at radius 1 is 0.750 bits per heavy atom. The molecule has 24 heavy (non-hydrogen) atoms. The third kappa shape index (κ3) is 2.46. The molecule has 1 amide bonds. The molecule has 4 aromatic rings. The number of para-hydroxylation sites is 1. The molecule has 1 heterocycles. The number of nitrogens with two attached hydrogens (primary N) is 1. The van der Waals surface area contributed by atoms with E-state index in [1.807, 2.05) is 36.4 Å². The molecule has 0 saturated carbocycles. The van der Waals surface area contributed by atoms with Gasteiger partial charge in [0.05, 0.1) is 11.1 Å². The Morgan fingerprint density at radius 3 is 2.12 bits per heavy atom. The maximum atomic E-state index is 11.6. The van der Waals surface area contributed by atoms with Gasteiger partial charge in [-0.15, -0.1) is 0 Å². The molecule has 0 aliphatic heterocycles. The van der Waals surface area contributed by atoms with E-state index in [-0.39, 0.29) is 0 Å². The fourth-order valence-corrected chi connectivity index (χ4v) is 2.99. The fourth-order valence-electron chi connectivity index (χ4n) is 2.99.